The SMILES string of the molecule is Cc1cnn(C)c1CN1CCCN(C)C2(CCNCC2)C1. The van der Waals surface area contributed by atoms with E-state index in [1.807, 2.05) is 10.9 Å². The van der Waals surface area contributed by atoms with Gasteiger partial charge in [-0.1, -0.05) is 0 Å². The fourth-order valence-corrected chi connectivity index (χ4v) is 3.96. The second kappa shape index (κ2) is 6.07. The first kappa shape index (κ1) is 15.0. The van der Waals surface area contributed by atoms with Crippen LogP contribution < -0.4 is 5.32 Å². The fraction of sp³-hybridized carbons (Fsp3) is 0.812. The van der Waals surface area contributed by atoms with Crippen molar-refractivity contribution in [1.29, 1.82) is 0 Å². The van der Waals surface area contributed by atoms with Crippen LogP contribution in [0.25, 0.3) is 0 Å². The number of aryl methyl sites for hydroxylation is 2. The third-order valence-corrected chi connectivity index (χ3v) is 5.47. The third kappa shape index (κ3) is 3.00. The van der Waals surface area contributed by atoms with Crippen LogP contribution in [0.1, 0.15) is 30.5 Å². The largest absolute Gasteiger partial charge is 0.317 e. The van der Waals surface area contributed by atoms with Gasteiger partial charge in [0.15, 0.2) is 0 Å². The minimum Gasteiger partial charge on any atom is -0.317 e. The van der Waals surface area contributed by atoms with E-state index >= 15 is 0 Å². The van der Waals surface area contributed by atoms with E-state index in [0.717, 1.165) is 19.6 Å². The Morgan fingerprint density at radius 3 is 2.67 bits per heavy atom. The molecule has 2 fully saturated rings. The summed E-state index contributed by atoms with van der Waals surface area (Å²) in [6.45, 7) is 9.13. The Labute approximate surface area is 128 Å². The Hall–Kier alpha value is -0.910. The van der Waals surface area contributed by atoms with Gasteiger partial charge < -0.3 is 5.32 Å². The van der Waals surface area contributed by atoms with E-state index in [9.17, 15) is 0 Å². The summed E-state index contributed by atoms with van der Waals surface area (Å²) in [6.07, 6.45) is 5.79. The first-order chi connectivity index (χ1) is 10.1. The number of hydrogen-bond donors (Lipinski definition) is 1. The number of nitrogens with zero attached hydrogens (tertiary/aromatic N) is 4. The maximum Gasteiger partial charge on any atom is 0.0550 e. The summed E-state index contributed by atoms with van der Waals surface area (Å²) in [5.41, 5.74) is 3.05. The molecule has 0 amide bonds. The summed E-state index contributed by atoms with van der Waals surface area (Å²) in [7, 11) is 4.39. The molecule has 1 spiro atoms. The van der Waals surface area contributed by atoms with Gasteiger partial charge in [0.1, 0.15) is 0 Å². The van der Waals surface area contributed by atoms with Gasteiger partial charge in [-0.25, -0.2) is 0 Å². The minimum atomic E-state index is 0.369. The highest BCUT2D eigenvalue weighted by Gasteiger charge is 2.39. The molecule has 0 radical (unpaired) electrons. The van der Waals surface area contributed by atoms with Gasteiger partial charge in [-0.3, -0.25) is 14.5 Å². The highest BCUT2D eigenvalue weighted by atomic mass is 15.3. The van der Waals surface area contributed by atoms with Crippen LogP contribution >= 0.6 is 0 Å². The zero-order valence-corrected chi connectivity index (χ0v) is 13.7. The smallest absolute Gasteiger partial charge is 0.0550 e. The molecular formula is C16H29N5. The molecule has 2 aliphatic heterocycles. The monoisotopic (exact) mass is 291 g/mol. The van der Waals surface area contributed by atoms with Gasteiger partial charge in [-0.2, -0.15) is 5.10 Å². The molecule has 5 heteroatoms. The van der Waals surface area contributed by atoms with Crippen molar-refractivity contribution in [2.45, 2.75) is 38.3 Å². The molecule has 0 saturated carbocycles. The number of rotatable bonds is 2. The quantitative estimate of drug-likeness (QED) is 0.881. The normalized spacial score (nSPS) is 24.3. The van der Waals surface area contributed by atoms with Gasteiger partial charge in [0.2, 0.25) is 0 Å². The molecule has 21 heavy (non-hydrogen) atoms. The van der Waals surface area contributed by atoms with E-state index in [4.69, 9.17) is 0 Å². The van der Waals surface area contributed by atoms with Crippen molar-refractivity contribution in [1.82, 2.24) is 24.9 Å². The van der Waals surface area contributed by atoms with Crippen LogP contribution in [0.2, 0.25) is 0 Å². The molecule has 2 aliphatic rings. The van der Waals surface area contributed by atoms with Crippen molar-refractivity contribution >= 4 is 0 Å². The summed E-state index contributed by atoms with van der Waals surface area (Å²) in [6, 6.07) is 0. The Bertz CT molecular complexity index is 456. The van der Waals surface area contributed by atoms with Gasteiger partial charge in [-0.05, 0) is 65.0 Å². The van der Waals surface area contributed by atoms with Crippen LogP contribution in [0.4, 0.5) is 0 Å². The van der Waals surface area contributed by atoms with Crippen molar-refractivity contribution in [2.75, 3.05) is 39.8 Å². The van der Waals surface area contributed by atoms with E-state index in [0.29, 0.717) is 5.54 Å². The molecule has 5 nitrogen and oxygen atoms in total. The molecule has 3 heterocycles. The average molecular weight is 291 g/mol. The van der Waals surface area contributed by atoms with Crippen LogP contribution in [0, 0.1) is 6.92 Å². The summed E-state index contributed by atoms with van der Waals surface area (Å²) in [5, 5.41) is 7.91. The zero-order valence-electron chi connectivity index (χ0n) is 13.7. The van der Waals surface area contributed by atoms with Crippen LogP contribution in [0.15, 0.2) is 6.20 Å². The Kier molecular flexibility index (Phi) is 4.33. The molecule has 2 saturated heterocycles. The van der Waals surface area contributed by atoms with Crippen molar-refractivity contribution in [3.05, 3.63) is 17.5 Å². The van der Waals surface area contributed by atoms with Gasteiger partial charge >= 0.3 is 0 Å². The Morgan fingerprint density at radius 2 is 2.00 bits per heavy atom. The zero-order chi connectivity index (χ0) is 14.9. The van der Waals surface area contributed by atoms with Gasteiger partial charge in [0, 0.05) is 25.7 Å². The van der Waals surface area contributed by atoms with Crippen molar-refractivity contribution < 1.29 is 0 Å². The summed E-state index contributed by atoms with van der Waals surface area (Å²) in [4.78, 5) is 5.28. The Balaban J connectivity index is 1.76. The standard InChI is InChI=1S/C16H29N5/c1-14-11-18-20(3)15(14)12-21-10-4-9-19(2)16(13-21)5-7-17-8-6-16/h11,17H,4-10,12-13H2,1-3H3. The predicted octanol–water partition coefficient (Wildman–Crippen LogP) is 0.988. The lowest BCUT2D eigenvalue weighted by Gasteiger charge is -2.45. The van der Waals surface area contributed by atoms with E-state index < -0.39 is 0 Å². The van der Waals surface area contributed by atoms with Crippen molar-refractivity contribution in [2.24, 2.45) is 7.05 Å². The molecule has 1 N–H and O–H groups in total. The lowest BCUT2D eigenvalue weighted by molar-refractivity contribution is 0.0630. The topological polar surface area (TPSA) is 36.3 Å². The second-order valence-corrected chi connectivity index (χ2v) is 6.86. The molecule has 0 atom stereocenters. The number of nitrogens with one attached hydrogen (secondary N) is 1. The van der Waals surface area contributed by atoms with Crippen LogP contribution in [0.5, 0.6) is 0 Å². The van der Waals surface area contributed by atoms with E-state index in [2.05, 4.69) is 41.2 Å². The Morgan fingerprint density at radius 1 is 1.24 bits per heavy atom. The highest BCUT2D eigenvalue weighted by molar-refractivity contribution is 5.15. The maximum absolute atomic E-state index is 4.39. The van der Waals surface area contributed by atoms with E-state index in [1.54, 1.807) is 0 Å². The molecule has 118 valence electrons. The molecule has 0 bridgehead atoms. The van der Waals surface area contributed by atoms with Crippen molar-refractivity contribution in [3.63, 3.8) is 0 Å². The van der Waals surface area contributed by atoms with Crippen LogP contribution in [-0.4, -0.2) is 64.9 Å². The molecule has 0 aliphatic carbocycles. The van der Waals surface area contributed by atoms with Gasteiger partial charge in [-0.15, -0.1) is 0 Å². The molecular weight excluding hydrogens is 262 g/mol. The third-order valence-electron chi connectivity index (χ3n) is 5.47. The molecule has 0 aromatic carbocycles. The average Bonchev–Trinajstić information content (AvgIpc) is 2.71. The number of likely N-dealkylation sites (N-methyl/N-ethyl adjacent to an activating group) is 1. The maximum atomic E-state index is 4.39. The second-order valence-electron chi connectivity index (χ2n) is 6.86. The molecule has 1 aromatic heterocycles. The first-order valence-corrected chi connectivity index (χ1v) is 8.22. The van der Waals surface area contributed by atoms with E-state index in [-0.39, 0.29) is 0 Å². The van der Waals surface area contributed by atoms with Gasteiger partial charge in [0.05, 0.1) is 11.9 Å². The number of hydrogen-bond acceptors (Lipinski definition) is 4. The molecule has 1 aromatic rings. The highest BCUT2D eigenvalue weighted by Crippen LogP contribution is 2.29. The number of aromatic nitrogens is 2. The summed E-state index contributed by atoms with van der Waals surface area (Å²) in [5.74, 6) is 0. The number of piperidine rings is 1. The molecule has 0 unspecified atom stereocenters. The predicted molar refractivity (Wildman–Crippen MR) is 85.3 cm³/mol. The summed E-state index contributed by atoms with van der Waals surface area (Å²) < 4.78 is 2.04. The van der Waals surface area contributed by atoms with Crippen LogP contribution in [0.3, 0.4) is 0 Å². The lowest BCUT2D eigenvalue weighted by atomic mass is 9.86. The molecule has 3 rings (SSSR count). The van der Waals surface area contributed by atoms with E-state index in [1.165, 1.54) is 50.2 Å². The van der Waals surface area contributed by atoms with Gasteiger partial charge in [0.25, 0.3) is 0 Å². The first-order valence-electron chi connectivity index (χ1n) is 8.22. The fourth-order valence-electron chi connectivity index (χ4n) is 3.96. The summed E-state index contributed by atoms with van der Waals surface area (Å²) >= 11 is 0. The van der Waals surface area contributed by atoms with Crippen molar-refractivity contribution in [3.8, 4) is 0 Å². The minimum absolute atomic E-state index is 0.369. The van der Waals surface area contributed by atoms with Crippen LogP contribution in [-0.2, 0) is 13.6 Å². The lowest BCUT2D eigenvalue weighted by Crippen LogP contribution is -2.57.